The van der Waals surface area contributed by atoms with Gasteiger partial charge in [0.2, 0.25) is 0 Å². The third-order valence-electron chi connectivity index (χ3n) is 16.1. The monoisotopic (exact) mass is 612 g/mol. The van der Waals surface area contributed by atoms with E-state index in [4.69, 9.17) is 6.42 Å². The highest BCUT2D eigenvalue weighted by atomic mass is 16.3. The number of carbonyl (C=O) groups is 3. The minimum absolute atomic E-state index is 0.103. The Morgan fingerprint density at radius 3 is 2.24 bits per heavy atom. The Bertz CT molecular complexity index is 1380. The number of rotatable bonds is 1. The molecule has 0 aromatic carbocycles. The molecule has 8 aliphatic rings. The minimum Gasteiger partial charge on any atom is -0.377 e. The lowest BCUT2D eigenvalue weighted by molar-refractivity contribution is -0.128. The molecule has 4 heteroatoms. The molecule has 45 heavy (non-hydrogen) atoms. The van der Waals surface area contributed by atoms with Crippen molar-refractivity contribution in [2.45, 2.75) is 136 Å². The zero-order valence-electron chi connectivity index (χ0n) is 28.3. The minimum atomic E-state index is -0.902. The van der Waals surface area contributed by atoms with Gasteiger partial charge >= 0.3 is 0 Å². The van der Waals surface area contributed by atoms with E-state index >= 15 is 0 Å². The van der Waals surface area contributed by atoms with Crippen LogP contribution in [0.4, 0.5) is 0 Å². The average molecular weight is 613 g/mol. The Hall–Kier alpha value is -1.99. The summed E-state index contributed by atoms with van der Waals surface area (Å²) in [7, 11) is 0. The highest BCUT2D eigenvalue weighted by Crippen LogP contribution is 2.67. The number of Topliss-reactive ketones (excluding diaryl/α,β-unsaturated/α-hetero) is 1. The largest absolute Gasteiger partial charge is 0.377 e. The van der Waals surface area contributed by atoms with Gasteiger partial charge in [0.1, 0.15) is 11.4 Å². The highest BCUT2D eigenvalue weighted by molar-refractivity contribution is 5.92. The van der Waals surface area contributed by atoms with Gasteiger partial charge in [-0.05, 0) is 161 Å². The summed E-state index contributed by atoms with van der Waals surface area (Å²) < 4.78 is 0. The lowest BCUT2D eigenvalue weighted by Crippen LogP contribution is -2.52. The Kier molecular flexibility index (Phi) is 7.75. The molecule has 8 rings (SSSR count). The van der Waals surface area contributed by atoms with Crippen LogP contribution in [0.25, 0.3) is 0 Å². The van der Waals surface area contributed by atoms with Crippen LogP contribution in [0.2, 0.25) is 0 Å². The SMILES string of the molecule is C#C[C@]1(O)CC[C@H]2[C@@H]3CCC4=CC(=O)CC[C@@H]4[C@H]3CC[C@@]21C.CC(=O)[C@H]1CC[C@H]2[C@@H]3CCC4=CC(=O)CC[C@]4(C)[C@H]3CC[C@]12C. The van der Waals surface area contributed by atoms with Crippen LogP contribution in [0, 0.1) is 75.9 Å². The van der Waals surface area contributed by atoms with Crippen molar-refractivity contribution >= 4 is 17.3 Å². The second-order valence-electron chi connectivity index (χ2n) is 17.6. The van der Waals surface area contributed by atoms with Crippen LogP contribution in [0.3, 0.4) is 0 Å². The maximum Gasteiger partial charge on any atom is 0.155 e. The third kappa shape index (κ3) is 4.67. The van der Waals surface area contributed by atoms with Crippen LogP contribution >= 0.6 is 0 Å². The van der Waals surface area contributed by atoms with Crippen LogP contribution < -0.4 is 0 Å². The van der Waals surface area contributed by atoms with E-state index in [1.54, 1.807) is 6.92 Å². The van der Waals surface area contributed by atoms with Crippen molar-refractivity contribution in [1.29, 1.82) is 0 Å². The molecule has 0 aromatic heterocycles. The molecule has 0 aliphatic heterocycles. The first-order chi connectivity index (χ1) is 21.3. The summed E-state index contributed by atoms with van der Waals surface area (Å²) in [4.78, 5) is 35.7. The van der Waals surface area contributed by atoms with Gasteiger partial charge in [0.15, 0.2) is 11.6 Å². The Labute approximate surface area is 271 Å². The maximum absolute atomic E-state index is 12.1. The topological polar surface area (TPSA) is 71.4 Å². The zero-order chi connectivity index (χ0) is 31.9. The van der Waals surface area contributed by atoms with Gasteiger partial charge in [0, 0.05) is 24.2 Å². The van der Waals surface area contributed by atoms with Gasteiger partial charge in [0.25, 0.3) is 0 Å². The van der Waals surface area contributed by atoms with E-state index in [0.717, 1.165) is 88.4 Å². The van der Waals surface area contributed by atoms with Crippen molar-refractivity contribution in [2.24, 2.45) is 63.6 Å². The van der Waals surface area contributed by atoms with Crippen LogP contribution in [-0.2, 0) is 14.4 Å². The lowest BCUT2D eigenvalue weighted by atomic mass is 9.47. The van der Waals surface area contributed by atoms with Gasteiger partial charge in [0.05, 0.1) is 0 Å². The molecule has 0 amide bonds. The first kappa shape index (κ1) is 31.6. The molecule has 0 bridgehead atoms. The van der Waals surface area contributed by atoms with Crippen molar-refractivity contribution in [3.8, 4) is 12.3 Å². The summed E-state index contributed by atoms with van der Waals surface area (Å²) in [6.45, 7) is 8.88. The van der Waals surface area contributed by atoms with Crippen LogP contribution in [0.5, 0.6) is 0 Å². The normalized spacial score (nSPS) is 49.7. The number of fused-ring (bicyclic) bond motifs is 10. The van der Waals surface area contributed by atoms with Gasteiger partial charge in [-0.25, -0.2) is 0 Å². The third-order valence-corrected chi connectivity index (χ3v) is 16.1. The average Bonchev–Trinajstić information content (AvgIpc) is 3.51. The van der Waals surface area contributed by atoms with Crippen LogP contribution in [-0.4, -0.2) is 28.1 Å². The molecule has 8 aliphatic carbocycles. The number of aliphatic hydroxyl groups is 1. The summed E-state index contributed by atoms with van der Waals surface area (Å²) in [5, 5.41) is 10.9. The smallest absolute Gasteiger partial charge is 0.155 e. The second-order valence-corrected chi connectivity index (χ2v) is 17.6. The van der Waals surface area contributed by atoms with E-state index in [-0.39, 0.29) is 16.2 Å². The lowest BCUT2D eigenvalue weighted by Gasteiger charge is -2.58. The summed E-state index contributed by atoms with van der Waals surface area (Å²) in [5.41, 5.74) is 2.36. The molecule has 0 unspecified atom stereocenters. The van der Waals surface area contributed by atoms with Crippen molar-refractivity contribution in [3.63, 3.8) is 0 Å². The van der Waals surface area contributed by atoms with E-state index in [2.05, 4.69) is 26.7 Å². The molecule has 0 spiro atoms. The predicted molar refractivity (Wildman–Crippen MR) is 177 cm³/mol. The molecule has 0 radical (unpaired) electrons. The van der Waals surface area contributed by atoms with Crippen molar-refractivity contribution < 1.29 is 19.5 Å². The predicted octanol–water partition coefficient (Wildman–Crippen LogP) is 8.22. The van der Waals surface area contributed by atoms with Crippen molar-refractivity contribution in [1.82, 2.24) is 0 Å². The molecule has 6 saturated carbocycles. The molecule has 0 saturated heterocycles. The molecule has 4 nitrogen and oxygen atoms in total. The Balaban J connectivity index is 0.000000145. The van der Waals surface area contributed by atoms with Gasteiger partial charge in [-0.2, -0.15) is 0 Å². The van der Waals surface area contributed by atoms with E-state index in [1.807, 2.05) is 12.2 Å². The molecular weight excluding hydrogens is 556 g/mol. The van der Waals surface area contributed by atoms with E-state index in [0.29, 0.717) is 46.9 Å². The fraction of sp³-hybridized carbons (Fsp3) is 0.780. The first-order valence-electron chi connectivity index (χ1n) is 18.5. The molecule has 12 atom stereocenters. The van der Waals surface area contributed by atoms with Crippen LogP contribution in [0.15, 0.2) is 23.3 Å². The molecule has 0 aromatic rings. The van der Waals surface area contributed by atoms with Crippen LogP contribution in [0.1, 0.15) is 130 Å². The molecular formula is C41H56O4. The van der Waals surface area contributed by atoms with Gasteiger partial charge in [-0.1, -0.05) is 37.8 Å². The van der Waals surface area contributed by atoms with Gasteiger partial charge in [-0.3, -0.25) is 14.4 Å². The fourth-order valence-corrected chi connectivity index (χ4v) is 13.7. The number of ketones is 3. The summed E-state index contributed by atoms with van der Waals surface area (Å²) in [6, 6.07) is 0. The maximum atomic E-state index is 12.1. The number of hydrogen-bond donors (Lipinski definition) is 1. The second kappa shape index (κ2) is 11.0. The summed E-state index contributed by atoms with van der Waals surface area (Å²) in [6.07, 6.45) is 26.7. The van der Waals surface area contributed by atoms with Gasteiger partial charge in [-0.15, -0.1) is 6.42 Å². The Morgan fingerprint density at radius 2 is 1.49 bits per heavy atom. The molecule has 1 N–H and O–H groups in total. The molecule has 0 heterocycles. The fourth-order valence-electron chi connectivity index (χ4n) is 13.7. The summed E-state index contributed by atoms with van der Waals surface area (Å²) in [5.74, 6) is 8.95. The quantitative estimate of drug-likeness (QED) is 0.303. The summed E-state index contributed by atoms with van der Waals surface area (Å²) >= 11 is 0. The number of carbonyl (C=O) groups excluding carboxylic acids is 3. The molecule has 244 valence electrons. The standard InChI is InChI=1S/C21H30O2.C20H26O2/c1-13(22)17-6-7-18-16-5-4-14-12-15(23)8-10-20(14,2)19(16)9-11-21(17,18)3;1-3-20(22)11-9-18-17-6-4-13-12-14(21)5-7-15(13)16(17)8-10-19(18,20)2/h12,16-19H,4-11H2,1-3H3;1,12,15-18,22H,4-11H2,2H3/t16-,17+,18-,19-,20-,21+;15-,16+,17+,18-,19-,20-/m00/s1. The first-order valence-corrected chi connectivity index (χ1v) is 18.5. The van der Waals surface area contributed by atoms with Gasteiger partial charge < -0.3 is 5.11 Å². The zero-order valence-corrected chi connectivity index (χ0v) is 28.3. The van der Waals surface area contributed by atoms with E-state index in [1.165, 1.54) is 43.3 Å². The van der Waals surface area contributed by atoms with Crippen molar-refractivity contribution in [3.05, 3.63) is 23.3 Å². The highest BCUT2D eigenvalue weighted by Gasteiger charge is 2.62. The Morgan fingerprint density at radius 1 is 0.756 bits per heavy atom. The number of terminal acetylenes is 1. The van der Waals surface area contributed by atoms with Crippen molar-refractivity contribution in [2.75, 3.05) is 0 Å². The van der Waals surface area contributed by atoms with E-state index < -0.39 is 5.60 Å². The number of hydrogen-bond acceptors (Lipinski definition) is 4. The number of allylic oxidation sites excluding steroid dienone is 2. The van der Waals surface area contributed by atoms with E-state index in [9.17, 15) is 19.5 Å². The molecule has 6 fully saturated rings.